The quantitative estimate of drug-likeness (QED) is 0.105. The number of carbonyl (C=O) groups excluding carboxylic acids is 2. The number of halogens is 1. The Kier molecular flexibility index (Phi) is 7.23. The maximum atomic E-state index is 12.9. The number of fused-ring (bicyclic) bond motifs is 1. The number of carboxylic acids is 1. The number of aromatic nitrogens is 3. The van der Waals surface area contributed by atoms with Gasteiger partial charge in [0, 0.05) is 17.4 Å². The Morgan fingerprint density at radius 1 is 1.39 bits per heavy atom. The van der Waals surface area contributed by atoms with Crippen molar-refractivity contribution in [2.75, 3.05) is 10.8 Å². The Balaban J connectivity index is 1.45. The first kappa shape index (κ1) is 23.9. The normalized spacial score (nSPS) is 20.6. The number of anilines is 1. The van der Waals surface area contributed by atoms with E-state index in [1.165, 1.54) is 39.8 Å². The molecule has 2 atom stereocenters. The number of thioether (sulfide) groups is 2. The second-order valence-corrected chi connectivity index (χ2v) is 12.0. The van der Waals surface area contributed by atoms with Crippen molar-refractivity contribution in [1.29, 1.82) is 0 Å². The van der Waals surface area contributed by atoms with Gasteiger partial charge in [-0.05, 0) is 12.8 Å². The predicted octanol–water partition coefficient (Wildman–Crippen LogP) is 2.77. The number of carboxylic acid groups (broad SMARTS) is 1. The van der Waals surface area contributed by atoms with Crippen LogP contribution in [0.5, 0.6) is 0 Å². The zero-order chi connectivity index (χ0) is 23.7. The molecule has 0 saturated carbocycles. The van der Waals surface area contributed by atoms with Crippen molar-refractivity contribution in [3.05, 3.63) is 26.1 Å². The van der Waals surface area contributed by atoms with Crippen LogP contribution in [-0.4, -0.2) is 64.9 Å². The average Bonchev–Trinajstić information content (AvgIpc) is 3.41. The fourth-order valence-corrected chi connectivity index (χ4v) is 7.64. The first-order valence-corrected chi connectivity index (χ1v) is 13.3. The molecule has 0 radical (unpaired) electrons. The summed E-state index contributed by atoms with van der Waals surface area (Å²) >= 11 is 11.1. The van der Waals surface area contributed by atoms with Crippen LogP contribution < -0.4 is 5.73 Å². The number of aliphatic carboxylic acids is 1. The summed E-state index contributed by atoms with van der Waals surface area (Å²) in [5.74, 6) is -3.00. The van der Waals surface area contributed by atoms with E-state index in [0.717, 1.165) is 15.7 Å². The standard InChI is InChI=1S/C17H15ClN6O5S4/c18-13-11(21-16(19)33-13)10(23-29)8(25)3-6-7-1-2-9(12(15(27)28)24(7)14(6)26)31-5-32-17-22-20-4-30-17/h4,6-7,29H,1-3,5H2,(H2,19,21)(H,27,28)/b23-10+. The van der Waals surface area contributed by atoms with Crippen molar-refractivity contribution < 1.29 is 24.7 Å². The van der Waals surface area contributed by atoms with Gasteiger partial charge in [-0.25, -0.2) is 9.78 Å². The molecule has 2 unspecified atom stereocenters. The van der Waals surface area contributed by atoms with Crippen LogP contribution in [0.3, 0.4) is 0 Å². The Hall–Kier alpha value is -2.20. The van der Waals surface area contributed by atoms with E-state index in [0.29, 0.717) is 22.8 Å². The smallest absolute Gasteiger partial charge is 0.353 e. The number of thiazole rings is 1. The molecule has 4 heterocycles. The van der Waals surface area contributed by atoms with E-state index >= 15 is 0 Å². The van der Waals surface area contributed by atoms with Crippen LogP contribution in [-0.2, 0) is 14.4 Å². The molecule has 0 aromatic carbocycles. The zero-order valence-corrected chi connectivity index (χ0v) is 20.5. The molecule has 2 aromatic rings. The van der Waals surface area contributed by atoms with Crippen molar-refractivity contribution in [2.45, 2.75) is 29.6 Å². The van der Waals surface area contributed by atoms with Crippen molar-refractivity contribution in [2.24, 2.45) is 11.1 Å². The second-order valence-electron chi connectivity index (χ2n) is 6.86. The molecule has 174 valence electrons. The number of Topliss-reactive ketones (excluding diaryl/α,β-unsaturated/α-hetero) is 1. The molecule has 0 aliphatic carbocycles. The van der Waals surface area contributed by atoms with E-state index in [1.807, 2.05) is 0 Å². The minimum absolute atomic E-state index is 0.0447. The number of nitrogens with zero attached hydrogens (tertiary/aromatic N) is 5. The van der Waals surface area contributed by atoms with E-state index in [9.17, 15) is 24.7 Å². The molecule has 16 heteroatoms. The third-order valence-electron chi connectivity index (χ3n) is 5.08. The SMILES string of the molecule is Nc1nc(/C(=N/O)C(=O)CC2C(=O)N3C(C(=O)O)=C(SCSc4nncs4)CCC23)c(Cl)s1. The maximum Gasteiger partial charge on any atom is 0.353 e. The molecule has 2 aliphatic rings. The number of hydrogen-bond acceptors (Lipinski definition) is 13. The molecular weight excluding hydrogens is 532 g/mol. The van der Waals surface area contributed by atoms with Crippen molar-refractivity contribution in [3.8, 4) is 0 Å². The van der Waals surface area contributed by atoms with Crippen LogP contribution in [0.15, 0.2) is 25.6 Å². The summed E-state index contributed by atoms with van der Waals surface area (Å²) in [4.78, 5) is 43.3. The molecule has 1 saturated heterocycles. The van der Waals surface area contributed by atoms with Crippen molar-refractivity contribution >= 4 is 86.3 Å². The van der Waals surface area contributed by atoms with Gasteiger partial charge in [0.25, 0.3) is 0 Å². The van der Waals surface area contributed by atoms with Crippen molar-refractivity contribution in [3.63, 3.8) is 0 Å². The molecule has 4 rings (SSSR count). The van der Waals surface area contributed by atoms with Gasteiger partial charge in [-0.15, -0.1) is 22.0 Å². The van der Waals surface area contributed by atoms with Crippen LogP contribution in [0.4, 0.5) is 5.13 Å². The molecule has 11 nitrogen and oxygen atoms in total. The number of nitrogens with two attached hydrogens (primary N) is 1. The van der Waals surface area contributed by atoms with E-state index in [-0.39, 0.29) is 33.0 Å². The first-order valence-electron chi connectivity index (χ1n) is 9.30. The van der Waals surface area contributed by atoms with Gasteiger partial charge >= 0.3 is 5.97 Å². The van der Waals surface area contributed by atoms with Gasteiger partial charge in [-0.3, -0.25) is 9.59 Å². The number of amides is 1. The molecular formula is C17H15ClN6O5S4. The summed E-state index contributed by atoms with van der Waals surface area (Å²) in [6, 6.07) is -0.427. The van der Waals surface area contributed by atoms with Gasteiger partial charge in [0.2, 0.25) is 5.91 Å². The summed E-state index contributed by atoms with van der Waals surface area (Å²) < 4.78 is 0.868. The third-order valence-corrected chi connectivity index (χ3v) is 9.30. The fraction of sp³-hybridized carbons (Fsp3) is 0.353. The van der Waals surface area contributed by atoms with Gasteiger partial charge in [0.05, 0.1) is 11.0 Å². The average molecular weight is 547 g/mol. The highest BCUT2D eigenvalue weighted by Crippen LogP contribution is 2.45. The number of allylic oxidation sites excluding steroid dienone is 1. The summed E-state index contributed by atoms with van der Waals surface area (Å²) in [5, 5.41) is 30.4. The van der Waals surface area contributed by atoms with Crippen LogP contribution in [0, 0.1) is 5.92 Å². The Morgan fingerprint density at radius 3 is 2.79 bits per heavy atom. The number of ketones is 1. The molecule has 1 fully saturated rings. The highest BCUT2D eigenvalue weighted by atomic mass is 35.5. The second kappa shape index (κ2) is 9.97. The predicted molar refractivity (Wildman–Crippen MR) is 126 cm³/mol. The third kappa shape index (κ3) is 4.73. The largest absolute Gasteiger partial charge is 0.477 e. The lowest BCUT2D eigenvalue weighted by Crippen LogP contribution is -2.63. The molecule has 33 heavy (non-hydrogen) atoms. The van der Waals surface area contributed by atoms with Gasteiger partial charge < -0.3 is 20.9 Å². The highest BCUT2D eigenvalue weighted by Gasteiger charge is 2.53. The van der Waals surface area contributed by atoms with Gasteiger partial charge in [-0.1, -0.05) is 51.2 Å². The molecule has 2 aromatic heterocycles. The lowest BCUT2D eigenvalue weighted by molar-refractivity contribution is -0.159. The van der Waals surface area contributed by atoms with E-state index < -0.39 is 29.6 Å². The Bertz CT molecular complexity index is 1170. The Morgan fingerprint density at radius 2 is 2.18 bits per heavy atom. The summed E-state index contributed by atoms with van der Waals surface area (Å²) in [6.45, 7) is 0. The van der Waals surface area contributed by atoms with E-state index in [1.54, 1.807) is 5.51 Å². The molecule has 4 N–H and O–H groups in total. The minimum atomic E-state index is -1.19. The molecule has 2 aliphatic heterocycles. The monoisotopic (exact) mass is 546 g/mol. The minimum Gasteiger partial charge on any atom is -0.477 e. The lowest BCUT2D eigenvalue weighted by atomic mass is 9.77. The van der Waals surface area contributed by atoms with Crippen molar-refractivity contribution in [1.82, 2.24) is 20.1 Å². The van der Waals surface area contributed by atoms with E-state index in [2.05, 4.69) is 20.3 Å². The Labute approximate surface area is 208 Å². The van der Waals surface area contributed by atoms with Gasteiger partial charge in [0.15, 0.2) is 21.0 Å². The van der Waals surface area contributed by atoms with Gasteiger partial charge in [0.1, 0.15) is 21.2 Å². The lowest BCUT2D eigenvalue weighted by Gasteiger charge is -2.50. The number of hydrogen-bond donors (Lipinski definition) is 3. The summed E-state index contributed by atoms with van der Waals surface area (Å²) in [5.41, 5.74) is 6.73. The van der Waals surface area contributed by atoms with Gasteiger partial charge in [-0.2, -0.15) is 0 Å². The molecule has 1 amide bonds. The number of nitrogen functional groups attached to an aromatic ring is 1. The molecule has 0 spiro atoms. The summed E-state index contributed by atoms with van der Waals surface area (Å²) in [7, 11) is 0. The summed E-state index contributed by atoms with van der Waals surface area (Å²) in [6.07, 6.45) is 0.731. The molecule has 0 bridgehead atoms. The van der Waals surface area contributed by atoms with Crippen LogP contribution in [0.1, 0.15) is 25.0 Å². The maximum absolute atomic E-state index is 12.9. The number of β-lactam (4-membered cyclic amide) rings is 1. The fourth-order valence-electron chi connectivity index (χ4n) is 3.70. The number of rotatable bonds is 9. The highest BCUT2D eigenvalue weighted by molar-refractivity contribution is 8.18. The topological polar surface area (TPSA) is 172 Å². The van der Waals surface area contributed by atoms with Crippen LogP contribution >= 0.6 is 57.8 Å². The zero-order valence-electron chi connectivity index (χ0n) is 16.5. The van der Waals surface area contributed by atoms with Crippen LogP contribution in [0.2, 0.25) is 4.34 Å². The van der Waals surface area contributed by atoms with Crippen LogP contribution in [0.25, 0.3) is 0 Å². The number of oxime groups is 1. The number of carbonyl (C=O) groups is 3. The van der Waals surface area contributed by atoms with E-state index in [4.69, 9.17) is 17.3 Å². The first-order chi connectivity index (χ1) is 15.8.